The second kappa shape index (κ2) is 8.13. The predicted molar refractivity (Wildman–Crippen MR) is 115 cm³/mol. The highest BCUT2D eigenvalue weighted by Crippen LogP contribution is 2.45. The number of hydrogen-bond donors (Lipinski definition) is 2. The number of benzene rings is 3. The molecule has 0 aromatic heterocycles. The van der Waals surface area contributed by atoms with Crippen LogP contribution in [0.1, 0.15) is 38.5 Å². The fourth-order valence-electron chi connectivity index (χ4n) is 4.16. The van der Waals surface area contributed by atoms with Crippen molar-refractivity contribution in [3.05, 3.63) is 107 Å². The molecule has 6 heteroatoms. The topological polar surface area (TPSA) is 83.8 Å². The van der Waals surface area contributed by atoms with Crippen molar-refractivity contribution in [3.8, 4) is 11.1 Å². The number of carbonyl (C=O) groups is 1. The maximum atomic E-state index is 12.7. The molecule has 1 atom stereocenters. The van der Waals surface area contributed by atoms with Crippen molar-refractivity contribution < 1.29 is 23.7 Å². The standard InChI is InChI=1S/C24H21O5P/c1-2-23(25)20-13-12-19-18-11-7-6-10-17(18)14-21(19)24(20)22(15-29-30(26,27)28)16-8-4-3-5-9-16/h2-13,22H,1,14-15H2,(H2,26,27,28). The third-order valence-electron chi connectivity index (χ3n) is 5.44. The quantitative estimate of drug-likeness (QED) is 0.253. The second-order valence-corrected chi connectivity index (χ2v) is 8.44. The highest BCUT2D eigenvalue weighted by atomic mass is 31.2. The molecule has 0 radical (unpaired) electrons. The van der Waals surface area contributed by atoms with E-state index in [1.54, 1.807) is 6.07 Å². The van der Waals surface area contributed by atoms with Crippen molar-refractivity contribution >= 4 is 13.6 Å². The molecule has 1 aliphatic rings. The Hall–Kier alpha value is -2.82. The molecule has 0 aliphatic heterocycles. The Labute approximate surface area is 174 Å². The molecule has 4 rings (SSSR count). The Morgan fingerprint density at radius 1 is 1.03 bits per heavy atom. The van der Waals surface area contributed by atoms with Gasteiger partial charge in [-0.05, 0) is 45.9 Å². The zero-order valence-corrected chi connectivity index (χ0v) is 17.1. The number of ketones is 1. The molecule has 1 aliphatic carbocycles. The highest BCUT2D eigenvalue weighted by Gasteiger charge is 2.31. The molecule has 0 bridgehead atoms. The van der Waals surface area contributed by atoms with E-state index in [1.165, 1.54) is 6.08 Å². The number of phosphoric acid groups is 1. The van der Waals surface area contributed by atoms with Crippen LogP contribution in [-0.4, -0.2) is 22.2 Å². The lowest BCUT2D eigenvalue weighted by Crippen LogP contribution is -2.16. The lowest BCUT2D eigenvalue weighted by Gasteiger charge is -2.24. The fourth-order valence-corrected chi connectivity index (χ4v) is 4.50. The molecule has 0 heterocycles. The monoisotopic (exact) mass is 420 g/mol. The lowest BCUT2D eigenvalue weighted by atomic mass is 9.82. The van der Waals surface area contributed by atoms with Gasteiger partial charge in [0.1, 0.15) is 0 Å². The van der Waals surface area contributed by atoms with Crippen molar-refractivity contribution in [3.63, 3.8) is 0 Å². The smallest absolute Gasteiger partial charge is 0.303 e. The van der Waals surface area contributed by atoms with E-state index in [-0.39, 0.29) is 12.4 Å². The van der Waals surface area contributed by atoms with Gasteiger partial charge in [-0.15, -0.1) is 0 Å². The molecule has 0 fully saturated rings. The van der Waals surface area contributed by atoms with Gasteiger partial charge in [-0.1, -0.05) is 73.3 Å². The van der Waals surface area contributed by atoms with Gasteiger partial charge in [0.15, 0.2) is 5.78 Å². The van der Waals surface area contributed by atoms with Crippen LogP contribution in [0.5, 0.6) is 0 Å². The van der Waals surface area contributed by atoms with Gasteiger partial charge in [0.25, 0.3) is 0 Å². The van der Waals surface area contributed by atoms with E-state index >= 15 is 0 Å². The Balaban J connectivity index is 1.94. The summed E-state index contributed by atoms with van der Waals surface area (Å²) >= 11 is 0. The number of rotatable bonds is 7. The average Bonchev–Trinajstić information content (AvgIpc) is 3.12. The second-order valence-electron chi connectivity index (χ2n) is 7.20. The molecule has 5 nitrogen and oxygen atoms in total. The highest BCUT2D eigenvalue weighted by molar-refractivity contribution is 7.46. The van der Waals surface area contributed by atoms with Crippen LogP contribution in [0.15, 0.2) is 79.4 Å². The van der Waals surface area contributed by atoms with Gasteiger partial charge in [0, 0.05) is 11.5 Å². The molecule has 3 aromatic carbocycles. The summed E-state index contributed by atoms with van der Waals surface area (Å²) in [6.45, 7) is 3.37. The first-order valence-electron chi connectivity index (χ1n) is 9.55. The van der Waals surface area contributed by atoms with Gasteiger partial charge in [-0.2, -0.15) is 0 Å². The van der Waals surface area contributed by atoms with Gasteiger partial charge in [0.2, 0.25) is 0 Å². The zero-order valence-electron chi connectivity index (χ0n) is 16.2. The Bertz CT molecular complexity index is 1160. The third kappa shape index (κ3) is 3.93. The van der Waals surface area contributed by atoms with Gasteiger partial charge in [0.05, 0.1) is 6.61 Å². The number of hydrogen-bond acceptors (Lipinski definition) is 3. The van der Waals surface area contributed by atoms with Gasteiger partial charge >= 0.3 is 7.82 Å². The minimum atomic E-state index is -4.69. The maximum absolute atomic E-state index is 12.7. The molecule has 0 amide bonds. The van der Waals surface area contributed by atoms with Crippen molar-refractivity contribution in [2.24, 2.45) is 0 Å². The van der Waals surface area contributed by atoms with Crippen LogP contribution in [0.4, 0.5) is 0 Å². The molecule has 152 valence electrons. The SMILES string of the molecule is C=CC(=O)c1ccc2c(c1C(COP(=O)(O)O)c1ccccc1)Cc1ccccc1-2. The first-order valence-corrected chi connectivity index (χ1v) is 11.1. The molecule has 30 heavy (non-hydrogen) atoms. The van der Waals surface area contributed by atoms with Crippen LogP contribution in [0.25, 0.3) is 11.1 Å². The summed E-state index contributed by atoms with van der Waals surface area (Å²) in [6.07, 6.45) is 1.90. The van der Waals surface area contributed by atoms with Crippen molar-refractivity contribution in [2.45, 2.75) is 12.3 Å². The molecular weight excluding hydrogens is 399 g/mol. The van der Waals surface area contributed by atoms with Crippen molar-refractivity contribution in [1.29, 1.82) is 0 Å². The summed E-state index contributed by atoms with van der Waals surface area (Å²) < 4.78 is 16.4. The summed E-state index contributed by atoms with van der Waals surface area (Å²) in [5.41, 5.74) is 6.28. The number of fused-ring (bicyclic) bond motifs is 3. The van der Waals surface area contributed by atoms with Crippen LogP contribution in [0, 0.1) is 0 Å². The number of phosphoric ester groups is 1. The minimum Gasteiger partial charge on any atom is -0.303 e. The fraction of sp³-hybridized carbons (Fsp3) is 0.125. The van der Waals surface area contributed by atoms with Gasteiger partial charge in [-0.3, -0.25) is 9.32 Å². The van der Waals surface area contributed by atoms with Crippen molar-refractivity contribution in [1.82, 2.24) is 0 Å². The maximum Gasteiger partial charge on any atom is 0.469 e. The van der Waals surface area contributed by atoms with Crippen LogP contribution in [-0.2, 0) is 15.5 Å². The lowest BCUT2D eigenvalue weighted by molar-refractivity contribution is 0.104. The third-order valence-corrected chi connectivity index (χ3v) is 5.93. The Morgan fingerprint density at radius 2 is 1.73 bits per heavy atom. The predicted octanol–water partition coefficient (Wildman–Crippen LogP) is 4.87. The van der Waals surface area contributed by atoms with Gasteiger partial charge in [-0.25, -0.2) is 4.57 Å². The van der Waals surface area contributed by atoms with Crippen LogP contribution in [0.2, 0.25) is 0 Å². The minimum absolute atomic E-state index is 0.235. The molecular formula is C24H21O5P. The first kappa shape index (κ1) is 20.5. The largest absolute Gasteiger partial charge is 0.469 e. The average molecular weight is 420 g/mol. The molecule has 2 N–H and O–H groups in total. The van der Waals surface area contributed by atoms with E-state index in [1.807, 2.05) is 54.6 Å². The van der Waals surface area contributed by atoms with E-state index in [0.717, 1.165) is 33.4 Å². The van der Waals surface area contributed by atoms with Gasteiger partial charge < -0.3 is 9.79 Å². The molecule has 0 saturated heterocycles. The molecule has 0 saturated carbocycles. The summed E-state index contributed by atoms with van der Waals surface area (Å²) in [7, 11) is -4.69. The van der Waals surface area contributed by atoms with Crippen LogP contribution >= 0.6 is 7.82 Å². The molecule has 1 unspecified atom stereocenters. The Morgan fingerprint density at radius 3 is 2.43 bits per heavy atom. The van der Waals surface area contributed by atoms with E-state index in [9.17, 15) is 19.1 Å². The van der Waals surface area contributed by atoms with Crippen molar-refractivity contribution in [2.75, 3.05) is 6.61 Å². The summed E-state index contributed by atoms with van der Waals surface area (Å²) in [6, 6.07) is 21.1. The summed E-state index contributed by atoms with van der Waals surface area (Å²) in [5, 5.41) is 0. The van der Waals surface area contributed by atoms with E-state index in [0.29, 0.717) is 12.0 Å². The Kier molecular flexibility index (Phi) is 5.54. The number of allylic oxidation sites excluding steroid dienone is 1. The summed E-state index contributed by atoms with van der Waals surface area (Å²) in [4.78, 5) is 31.4. The van der Waals surface area contributed by atoms with E-state index in [2.05, 4.69) is 12.6 Å². The molecule has 3 aromatic rings. The van der Waals surface area contributed by atoms with E-state index < -0.39 is 13.7 Å². The van der Waals surface area contributed by atoms with E-state index in [4.69, 9.17) is 4.52 Å². The molecule has 0 spiro atoms. The number of carbonyl (C=O) groups excluding carboxylic acids is 1. The summed E-state index contributed by atoms with van der Waals surface area (Å²) in [5.74, 6) is -0.761. The first-order chi connectivity index (χ1) is 14.4. The van der Waals surface area contributed by atoms with Crippen LogP contribution < -0.4 is 0 Å². The zero-order chi connectivity index (χ0) is 21.3. The normalized spacial score (nSPS) is 13.4. The van der Waals surface area contributed by atoms with Crippen LogP contribution in [0.3, 0.4) is 0 Å².